The largest absolute Gasteiger partial charge is 0.322 e. The molecule has 3 nitrogen and oxygen atoms in total. The molecule has 0 radical (unpaired) electrons. The number of nitrogens with one attached hydrogen (secondary N) is 2. The Morgan fingerprint density at radius 2 is 1.35 bits per heavy atom. The molecule has 0 rings (SSSR count). The highest BCUT2D eigenvalue weighted by atomic mass is 28.4. The first-order valence-corrected chi connectivity index (χ1v) is 14.1. The van der Waals surface area contributed by atoms with Crippen LogP contribution in [0.1, 0.15) is 47.5 Å². The van der Waals surface area contributed by atoms with Gasteiger partial charge in [0, 0.05) is 0 Å². The molecule has 0 bridgehead atoms. The van der Waals surface area contributed by atoms with Gasteiger partial charge in [0.25, 0.3) is 8.56 Å². The van der Waals surface area contributed by atoms with Gasteiger partial charge >= 0.3 is 0 Å². The summed E-state index contributed by atoms with van der Waals surface area (Å²) >= 11 is 0. The van der Waals surface area contributed by atoms with E-state index in [1.807, 2.05) is 0 Å². The molecular formula is C15H39N3Si2. The lowest BCUT2D eigenvalue weighted by Crippen LogP contribution is -2.78. The van der Waals surface area contributed by atoms with Crippen LogP contribution >= 0.6 is 0 Å². The van der Waals surface area contributed by atoms with Gasteiger partial charge in [-0.05, 0) is 44.4 Å². The van der Waals surface area contributed by atoms with Gasteiger partial charge in [-0.15, -0.1) is 0 Å². The third-order valence-electron chi connectivity index (χ3n) is 3.63. The maximum atomic E-state index is 4.00. The SMILES string of the molecule is CCCN[Si](CC(C)C)(NCCC)N(CC)[Si](C)(C)C. The molecule has 122 valence electrons. The predicted molar refractivity (Wildman–Crippen MR) is 97.7 cm³/mol. The molecule has 5 heteroatoms. The zero-order chi connectivity index (χ0) is 15.8. The Kier molecular flexibility index (Phi) is 9.50. The summed E-state index contributed by atoms with van der Waals surface area (Å²) in [6, 6.07) is 1.30. The van der Waals surface area contributed by atoms with Gasteiger partial charge in [-0.25, -0.2) is 0 Å². The molecule has 0 aliphatic rings. The molecule has 0 aromatic heterocycles. The van der Waals surface area contributed by atoms with Crippen molar-refractivity contribution in [2.75, 3.05) is 19.6 Å². The van der Waals surface area contributed by atoms with Gasteiger partial charge in [-0.1, -0.05) is 54.3 Å². The summed E-state index contributed by atoms with van der Waals surface area (Å²) in [5, 5.41) is 0. The predicted octanol–water partition coefficient (Wildman–Crippen LogP) is 3.74. The van der Waals surface area contributed by atoms with Crippen molar-refractivity contribution in [2.24, 2.45) is 5.92 Å². The monoisotopic (exact) mass is 317 g/mol. The molecule has 0 atom stereocenters. The lowest BCUT2D eigenvalue weighted by Gasteiger charge is -2.49. The number of rotatable bonds is 11. The minimum absolute atomic E-state index is 0.737. The summed E-state index contributed by atoms with van der Waals surface area (Å²) in [5.41, 5.74) is 0. The van der Waals surface area contributed by atoms with Crippen LogP contribution in [0.2, 0.25) is 25.7 Å². The lowest BCUT2D eigenvalue weighted by atomic mass is 10.3. The van der Waals surface area contributed by atoms with Gasteiger partial charge in [0.15, 0.2) is 0 Å². The van der Waals surface area contributed by atoms with Crippen molar-refractivity contribution in [1.29, 1.82) is 0 Å². The quantitative estimate of drug-likeness (QED) is 0.569. The summed E-state index contributed by atoms with van der Waals surface area (Å²) in [4.78, 5) is 7.99. The van der Waals surface area contributed by atoms with Crippen molar-refractivity contribution in [3.05, 3.63) is 0 Å². The van der Waals surface area contributed by atoms with Crippen molar-refractivity contribution in [3.63, 3.8) is 0 Å². The number of hydrogen-bond acceptors (Lipinski definition) is 3. The number of hydrogen-bond donors (Lipinski definition) is 2. The lowest BCUT2D eigenvalue weighted by molar-refractivity contribution is 0.539. The van der Waals surface area contributed by atoms with Crippen molar-refractivity contribution in [1.82, 2.24) is 14.2 Å². The zero-order valence-electron chi connectivity index (χ0n) is 15.3. The molecule has 0 aromatic carbocycles. The van der Waals surface area contributed by atoms with Gasteiger partial charge < -0.3 is 14.2 Å². The van der Waals surface area contributed by atoms with Crippen LogP contribution in [-0.2, 0) is 0 Å². The van der Waals surface area contributed by atoms with Gasteiger partial charge in [-0.3, -0.25) is 0 Å². The van der Waals surface area contributed by atoms with Crippen LogP contribution in [0.3, 0.4) is 0 Å². The molecule has 0 unspecified atom stereocenters. The Balaban J connectivity index is 5.40. The van der Waals surface area contributed by atoms with Crippen LogP contribution in [0.25, 0.3) is 0 Å². The Bertz CT molecular complexity index is 244. The second kappa shape index (κ2) is 9.36. The third-order valence-corrected chi connectivity index (χ3v) is 13.0. The zero-order valence-corrected chi connectivity index (χ0v) is 17.3. The Labute approximate surface area is 130 Å². The summed E-state index contributed by atoms with van der Waals surface area (Å²) in [7, 11) is -3.09. The minimum atomic E-state index is -1.77. The van der Waals surface area contributed by atoms with E-state index in [0.717, 1.165) is 19.0 Å². The summed E-state index contributed by atoms with van der Waals surface area (Å²) in [6.07, 6.45) is 2.42. The Hall–Kier alpha value is 0.314. The van der Waals surface area contributed by atoms with Crippen LogP contribution in [-0.4, -0.2) is 40.7 Å². The molecule has 0 saturated heterocycles. The first-order chi connectivity index (χ1) is 9.23. The van der Waals surface area contributed by atoms with E-state index >= 15 is 0 Å². The third kappa shape index (κ3) is 6.39. The summed E-state index contributed by atoms with van der Waals surface area (Å²) < 4.78 is 2.87. The summed E-state index contributed by atoms with van der Waals surface area (Å²) in [6.45, 7) is 22.5. The molecule has 0 aliphatic heterocycles. The molecule has 0 fully saturated rings. The second-order valence-corrected chi connectivity index (χ2v) is 15.9. The molecule has 2 N–H and O–H groups in total. The van der Waals surface area contributed by atoms with E-state index in [4.69, 9.17) is 0 Å². The van der Waals surface area contributed by atoms with Gasteiger partial charge in [0.05, 0.1) is 0 Å². The van der Waals surface area contributed by atoms with E-state index in [1.54, 1.807) is 0 Å². The highest BCUT2D eigenvalue weighted by Gasteiger charge is 2.45. The van der Waals surface area contributed by atoms with Crippen LogP contribution in [0.4, 0.5) is 0 Å². The number of nitrogens with zero attached hydrogens (tertiary/aromatic N) is 1. The van der Waals surface area contributed by atoms with Crippen LogP contribution in [0, 0.1) is 5.92 Å². The summed E-state index contributed by atoms with van der Waals surface area (Å²) in [5.74, 6) is 0.737. The fourth-order valence-electron chi connectivity index (χ4n) is 3.08. The first-order valence-electron chi connectivity index (χ1n) is 8.51. The molecule has 0 aliphatic carbocycles. The molecule has 0 amide bonds. The molecular weight excluding hydrogens is 278 g/mol. The average molecular weight is 318 g/mol. The van der Waals surface area contributed by atoms with Crippen molar-refractivity contribution in [2.45, 2.75) is 73.1 Å². The normalized spacial score (nSPS) is 13.5. The van der Waals surface area contributed by atoms with Crippen molar-refractivity contribution < 1.29 is 0 Å². The highest BCUT2D eigenvalue weighted by Crippen LogP contribution is 2.22. The maximum Gasteiger partial charge on any atom is 0.277 e. The minimum Gasteiger partial charge on any atom is -0.322 e. The molecule has 0 spiro atoms. The van der Waals surface area contributed by atoms with E-state index in [1.165, 1.54) is 25.4 Å². The molecule has 0 aromatic rings. The van der Waals surface area contributed by atoms with E-state index in [0.29, 0.717) is 0 Å². The second-order valence-electron chi connectivity index (χ2n) is 7.23. The fraction of sp³-hybridized carbons (Fsp3) is 1.00. The van der Waals surface area contributed by atoms with Crippen LogP contribution in [0.15, 0.2) is 0 Å². The van der Waals surface area contributed by atoms with Crippen molar-refractivity contribution >= 4 is 16.8 Å². The maximum absolute atomic E-state index is 4.00. The fourth-order valence-corrected chi connectivity index (χ4v) is 13.4. The Morgan fingerprint density at radius 1 is 0.900 bits per heavy atom. The Morgan fingerprint density at radius 3 is 1.60 bits per heavy atom. The molecule has 0 saturated carbocycles. The van der Waals surface area contributed by atoms with E-state index in [-0.39, 0.29) is 0 Å². The standard InChI is InChI=1S/C15H39N3Si2/c1-9-12-16-20(14-15(4)5,17-13-10-2)18(11-3)19(6,7)8/h15-17H,9-14H2,1-8H3. The topological polar surface area (TPSA) is 27.3 Å². The van der Waals surface area contributed by atoms with Gasteiger partial charge in [0.2, 0.25) is 0 Å². The molecule has 0 heterocycles. The smallest absolute Gasteiger partial charge is 0.277 e. The van der Waals surface area contributed by atoms with Gasteiger partial charge in [-0.2, -0.15) is 0 Å². The first kappa shape index (κ1) is 20.3. The van der Waals surface area contributed by atoms with Crippen LogP contribution < -0.4 is 9.96 Å². The van der Waals surface area contributed by atoms with Crippen LogP contribution in [0.5, 0.6) is 0 Å². The molecule has 20 heavy (non-hydrogen) atoms. The average Bonchev–Trinajstić information content (AvgIpc) is 2.32. The van der Waals surface area contributed by atoms with E-state index in [9.17, 15) is 0 Å². The highest BCUT2D eigenvalue weighted by molar-refractivity contribution is 6.89. The van der Waals surface area contributed by atoms with E-state index in [2.05, 4.69) is 68.5 Å². The van der Waals surface area contributed by atoms with Gasteiger partial charge in [0.1, 0.15) is 8.24 Å². The van der Waals surface area contributed by atoms with E-state index < -0.39 is 16.8 Å². The van der Waals surface area contributed by atoms with Crippen molar-refractivity contribution in [3.8, 4) is 0 Å².